The van der Waals surface area contributed by atoms with E-state index in [1.165, 1.54) is 18.2 Å². The van der Waals surface area contributed by atoms with Crippen LogP contribution in [0.25, 0.3) is 16.9 Å². The quantitative estimate of drug-likeness (QED) is 0.699. The topological polar surface area (TPSA) is 78.0 Å². The molecule has 136 valence electrons. The molecule has 10 heteroatoms. The molecule has 0 aliphatic heterocycles. The molecule has 1 aromatic heterocycles. The second-order valence-electron chi connectivity index (χ2n) is 5.33. The van der Waals surface area contributed by atoms with Gasteiger partial charge in [-0.25, -0.2) is 35.8 Å². The van der Waals surface area contributed by atoms with Gasteiger partial charge in [0.05, 0.1) is 11.4 Å². The fraction of sp³-hybridized carbons (Fsp3) is 0.0625. The molecule has 5 nitrogen and oxygen atoms in total. The number of hydrogen-bond acceptors (Lipinski definition) is 3. The minimum atomic E-state index is -4.27. The van der Waals surface area contributed by atoms with Gasteiger partial charge in [0.15, 0.2) is 0 Å². The van der Waals surface area contributed by atoms with Crippen LogP contribution in [0.2, 0.25) is 0 Å². The first-order chi connectivity index (χ1) is 12.2. The van der Waals surface area contributed by atoms with Gasteiger partial charge in [-0.3, -0.25) is 0 Å². The van der Waals surface area contributed by atoms with Crippen molar-refractivity contribution < 1.29 is 26.0 Å². The zero-order chi connectivity index (χ0) is 19.1. The lowest BCUT2D eigenvalue weighted by Crippen LogP contribution is -2.14. The van der Waals surface area contributed by atoms with Crippen molar-refractivity contribution in [3.05, 3.63) is 65.9 Å². The van der Waals surface area contributed by atoms with Crippen LogP contribution in [0, 0.1) is 11.6 Å². The van der Waals surface area contributed by atoms with E-state index in [2.05, 4.69) is 5.10 Å². The van der Waals surface area contributed by atoms with Gasteiger partial charge in [0.25, 0.3) is 6.43 Å². The number of nitrogens with zero attached hydrogens (tertiary/aromatic N) is 2. The summed E-state index contributed by atoms with van der Waals surface area (Å²) in [5.41, 5.74) is -0.130. The molecule has 1 heterocycles. The fourth-order valence-corrected chi connectivity index (χ4v) is 2.97. The Labute approximate surface area is 145 Å². The Kier molecular flexibility index (Phi) is 4.55. The Morgan fingerprint density at radius 3 is 2.19 bits per heavy atom. The summed E-state index contributed by atoms with van der Waals surface area (Å²) in [7, 11) is -4.27. The first-order valence-electron chi connectivity index (χ1n) is 7.13. The van der Waals surface area contributed by atoms with E-state index in [1.54, 1.807) is 0 Å². The molecule has 0 radical (unpaired) electrons. The molecular formula is C16H11F4N3O2S. The molecule has 0 atom stereocenters. The molecule has 0 aliphatic carbocycles. The van der Waals surface area contributed by atoms with Crippen molar-refractivity contribution in [1.82, 2.24) is 9.78 Å². The van der Waals surface area contributed by atoms with Crippen LogP contribution in [0.1, 0.15) is 12.1 Å². The highest BCUT2D eigenvalue weighted by molar-refractivity contribution is 7.89. The normalized spacial score (nSPS) is 11.9. The average molecular weight is 385 g/mol. The van der Waals surface area contributed by atoms with Crippen LogP contribution in [-0.4, -0.2) is 18.2 Å². The Bertz CT molecular complexity index is 1060. The number of halogens is 4. The molecular weight excluding hydrogens is 374 g/mol. The van der Waals surface area contributed by atoms with Crippen molar-refractivity contribution in [3.63, 3.8) is 0 Å². The van der Waals surface area contributed by atoms with E-state index >= 15 is 0 Å². The van der Waals surface area contributed by atoms with E-state index in [0.29, 0.717) is 0 Å². The average Bonchev–Trinajstić information content (AvgIpc) is 3.00. The summed E-state index contributed by atoms with van der Waals surface area (Å²) < 4.78 is 77.0. The number of sulfonamides is 1. The predicted octanol–water partition coefficient (Wildman–Crippen LogP) is 3.40. The second-order valence-corrected chi connectivity index (χ2v) is 6.86. The van der Waals surface area contributed by atoms with E-state index < -0.39 is 38.7 Å². The molecule has 0 saturated carbocycles. The van der Waals surface area contributed by atoms with Gasteiger partial charge in [-0.15, -0.1) is 0 Å². The molecule has 0 spiro atoms. The Balaban J connectivity index is 2.18. The number of hydrogen-bond donors (Lipinski definition) is 1. The van der Waals surface area contributed by atoms with E-state index in [1.807, 2.05) is 0 Å². The van der Waals surface area contributed by atoms with Crippen LogP contribution in [-0.2, 0) is 10.0 Å². The summed E-state index contributed by atoms with van der Waals surface area (Å²) in [6.45, 7) is 0. The maximum Gasteiger partial charge on any atom is 0.282 e. The molecule has 0 unspecified atom stereocenters. The molecule has 0 aliphatic rings. The summed E-state index contributed by atoms with van der Waals surface area (Å²) in [6.07, 6.45) is -2.89. The summed E-state index contributed by atoms with van der Waals surface area (Å²) in [4.78, 5) is -0.719. The SMILES string of the molecule is NS(=O)(=O)c1ccc(-c2cc(C(F)F)nn2-c2ccc(F)cc2)cc1F. The monoisotopic (exact) mass is 385 g/mol. The fourth-order valence-electron chi connectivity index (χ4n) is 2.38. The molecule has 0 saturated heterocycles. The number of nitrogens with two attached hydrogens (primary N) is 1. The van der Waals surface area contributed by atoms with Crippen LogP contribution < -0.4 is 5.14 Å². The smallest absolute Gasteiger partial charge is 0.233 e. The summed E-state index contributed by atoms with van der Waals surface area (Å²) >= 11 is 0. The van der Waals surface area contributed by atoms with Crippen LogP contribution >= 0.6 is 0 Å². The van der Waals surface area contributed by atoms with Gasteiger partial charge < -0.3 is 0 Å². The van der Waals surface area contributed by atoms with Crippen molar-refractivity contribution >= 4 is 10.0 Å². The zero-order valence-corrected chi connectivity index (χ0v) is 13.7. The molecule has 3 rings (SSSR count). The third kappa shape index (κ3) is 3.46. The molecule has 2 N–H and O–H groups in total. The largest absolute Gasteiger partial charge is 0.282 e. The predicted molar refractivity (Wildman–Crippen MR) is 85.2 cm³/mol. The van der Waals surface area contributed by atoms with Crippen molar-refractivity contribution in [2.24, 2.45) is 5.14 Å². The summed E-state index contributed by atoms with van der Waals surface area (Å²) in [5.74, 6) is -1.66. The maximum absolute atomic E-state index is 14.1. The molecule has 26 heavy (non-hydrogen) atoms. The van der Waals surface area contributed by atoms with Gasteiger partial charge in [-0.2, -0.15) is 5.10 Å². The standard InChI is InChI=1S/C16H11F4N3O2S/c17-10-2-4-11(5-3-10)23-14(8-13(22-23)16(19)20)9-1-6-15(12(18)7-9)26(21,24)25/h1-8,16H,(H2,21,24,25). The lowest BCUT2D eigenvalue weighted by Gasteiger charge is -2.09. The third-order valence-electron chi connectivity index (χ3n) is 3.56. The lowest BCUT2D eigenvalue weighted by molar-refractivity contribution is 0.145. The zero-order valence-electron chi connectivity index (χ0n) is 12.9. The minimum absolute atomic E-state index is 0.0757. The number of aromatic nitrogens is 2. The lowest BCUT2D eigenvalue weighted by atomic mass is 10.1. The third-order valence-corrected chi connectivity index (χ3v) is 4.50. The van der Waals surface area contributed by atoms with Crippen molar-refractivity contribution in [1.29, 1.82) is 0 Å². The summed E-state index contributed by atoms with van der Waals surface area (Å²) in [6, 6.07) is 8.91. The summed E-state index contributed by atoms with van der Waals surface area (Å²) in [5, 5.41) is 8.67. The van der Waals surface area contributed by atoms with Crippen molar-refractivity contribution in [2.75, 3.05) is 0 Å². The Hall–Kier alpha value is -2.72. The van der Waals surface area contributed by atoms with Gasteiger partial charge in [0.2, 0.25) is 10.0 Å². The van der Waals surface area contributed by atoms with Crippen molar-refractivity contribution in [3.8, 4) is 16.9 Å². The van der Waals surface area contributed by atoms with E-state index in [-0.39, 0.29) is 16.9 Å². The van der Waals surface area contributed by atoms with Crippen molar-refractivity contribution in [2.45, 2.75) is 11.3 Å². The Morgan fingerprint density at radius 1 is 1.00 bits per heavy atom. The first-order valence-corrected chi connectivity index (χ1v) is 8.68. The van der Waals surface area contributed by atoms with Gasteiger partial charge in [-0.1, -0.05) is 6.07 Å². The highest BCUT2D eigenvalue weighted by Crippen LogP contribution is 2.30. The number of rotatable bonds is 4. The first kappa shape index (κ1) is 18.1. The van der Waals surface area contributed by atoms with Gasteiger partial charge in [0.1, 0.15) is 22.2 Å². The van der Waals surface area contributed by atoms with Gasteiger partial charge in [-0.05, 0) is 42.5 Å². The second kappa shape index (κ2) is 6.54. The van der Waals surface area contributed by atoms with Crippen LogP contribution in [0.5, 0.6) is 0 Å². The van der Waals surface area contributed by atoms with E-state index in [4.69, 9.17) is 5.14 Å². The highest BCUT2D eigenvalue weighted by atomic mass is 32.2. The van der Waals surface area contributed by atoms with E-state index in [9.17, 15) is 26.0 Å². The molecule has 0 amide bonds. The molecule has 2 aromatic carbocycles. The number of primary sulfonamides is 1. The Morgan fingerprint density at radius 2 is 1.65 bits per heavy atom. The van der Waals surface area contributed by atoms with Crippen LogP contribution in [0.3, 0.4) is 0 Å². The molecule has 0 bridgehead atoms. The minimum Gasteiger partial charge on any atom is -0.233 e. The number of alkyl halides is 2. The van der Waals surface area contributed by atoms with Crippen LogP contribution in [0.15, 0.2) is 53.4 Å². The van der Waals surface area contributed by atoms with Gasteiger partial charge in [0, 0.05) is 5.56 Å². The van der Waals surface area contributed by atoms with Gasteiger partial charge >= 0.3 is 0 Å². The highest BCUT2D eigenvalue weighted by Gasteiger charge is 2.20. The van der Waals surface area contributed by atoms with E-state index in [0.717, 1.165) is 35.0 Å². The van der Waals surface area contributed by atoms with Crippen LogP contribution in [0.4, 0.5) is 17.6 Å². The molecule has 3 aromatic rings. The number of benzene rings is 2. The molecule has 0 fully saturated rings. The maximum atomic E-state index is 14.1.